The van der Waals surface area contributed by atoms with E-state index in [9.17, 15) is 0 Å². The van der Waals surface area contributed by atoms with Crippen LogP contribution in [-0.4, -0.2) is 46.5 Å². The summed E-state index contributed by atoms with van der Waals surface area (Å²) in [4.78, 5) is 10.2. The SMILES string of the molecule is Cc1nc(CN2CCCC23CCN(CC2CCC2)CC3)cs1. The second-order valence-electron chi connectivity index (χ2n) is 7.70. The summed E-state index contributed by atoms with van der Waals surface area (Å²) < 4.78 is 0. The van der Waals surface area contributed by atoms with E-state index >= 15 is 0 Å². The third-order valence-electron chi connectivity index (χ3n) is 6.29. The summed E-state index contributed by atoms with van der Waals surface area (Å²) in [5.41, 5.74) is 1.79. The number of thiazole rings is 1. The van der Waals surface area contributed by atoms with Crippen LogP contribution in [0.3, 0.4) is 0 Å². The second kappa shape index (κ2) is 6.21. The molecule has 0 aromatic carbocycles. The summed E-state index contributed by atoms with van der Waals surface area (Å²) in [6.45, 7) is 8.49. The Balaban J connectivity index is 1.36. The van der Waals surface area contributed by atoms with Gasteiger partial charge in [-0.25, -0.2) is 4.98 Å². The molecule has 0 unspecified atom stereocenters. The molecule has 3 heterocycles. The molecule has 2 aliphatic heterocycles. The lowest BCUT2D eigenvalue weighted by molar-refractivity contribution is 0.0359. The predicted octanol–water partition coefficient (Wildman–Crippen LogP) is 3.68. The van der Waals surface area contributed by atoms with Gasteiger partial charge in [-0.15, -0.1) is 11.3 Å². The van der Waals surface area contributed by atoms with Crippen LogP contribution in [0.1, 0.15) is 55.6 Å². The summed E-state index contributed by atoms with van der Waals surface area (Å²) in [5.74, 6) is 1.02. The standard InChI is InChI=1S/C18H29N3S/c1-15-19-17(14-22-15)13-21-9-3-6-18(21)7-10-20(11-8-18)12-16-4-2-5-16/h14,16H,2-13H2,1H3. The van der Waals surface area contributed by atoms with E-state index < -0.39 is 0 Å². The molecule has 4 rings (SSSR count). The van der Waals surface area contributed by atoms with Crippen molar-refractivity contribution in [1.29, 1.82) is 0 Å². The average Bonchev–Trinajstić information content (AvgIpc) is 3.05. The molecule has 0 radical (unpaired) electrons. The van der Waals surface area contributed by atoms with E-state index in [2.05, 4.69) is 22.1 Å². The first-order valence-corrected chi connectivity index (χ1v) is 10.00. The summed E-state index contributed by atoms with van der Waals surface area (Å²) in [7, 11) is 0. The van der Waals surface area contributed by atoms with Crippen molar-refractivity contribution in [2.45, 2.75) is 64.0 Å². The summed E-state index contributed by atoms with van der Waals surface area (Å²) >= 11 is 1.79. The smallest absolute Gasteiger partial charge is 0.0897 e. The van der Waals surface area contributed by atoms with Crippen molar-refractivity contribution < 1.29 is 0 Å². The molecule has 122 valence electrons. The molecule has 2 saturated heterocycles. The van der Waals surface area contributed by atoms with Crippen molar-refractivity contribution >= 4 is 11.3 Å². The summed E-state index contributed by atoms with van der Waals surface area (Å²) in [5, 5.41) is 3.46. The quantitative estimate of drug-likeness (QED) is 0.844. The number of rotatable bonds is 4. The molecule has 1 aromatic heterocycles. The van der Waals surface area contributed by atoms with Crippen molar-refractivity contribution in [2.75, 3.05) is 26.2 Å². The predicted molar refractivity (Wildman–Crippen MR) is 92.2 cm³/mol. The maximum Gasteiger partial charge on any atom is 0.0897 e. The van der Waals surface area contributed by atoms with Gasteiger partial charge in [0.05, 0.1) is 10.7 Å². The zero-order valence-corrected chi connectivity index (χ0v) is 14.7. The van der Waals surface area contributed by atoms with Gasteiger partial charge in [0.25, 0.3) is 0 Å². The molecular formula is C18H29N3S. The lowest BCUT2D eigenvalue weighted by Crippen LogP contribution is -2.52. The van der Waals surface area contributed by atoms with Gasteiger partial charge in [0.15, 0.2) is 0 Å². The molecule has 0 atom stereocenters. The van der Waals surface area contributed by atoms with Crippen molar-refractivity contribution in [3.8, 4) is 0 Å². The highest BCUT2D eigenvalue weighted by molar-refractivity contribution is 7.09. The molecular weight excluding hydrogens is 290 g/mol. The number of piperidine rings is 1. The van der Waals surface area contributed by atoms with E-state index in [0.29, 0.717) is 5.54 Å². The molecule has 3 fully saturated rings. The van der Waals surface area contributed by atoms with Gasteiger partial charge in [0.1, 0.15) is 0 Å². The number of nitrogens with zero attached hydrogens (tertiary/aromatic N) is 3. The van der Waals surface area contributed by atoms with Gasteiger partial charge in [-0.05, 0) is 71.0 Å². The number of aromatic nitrogens is 1. The minimum absolute atomic E-state index is 0.494. The topological polar surface area (TPSA) is 19.4 Å². The van der Waals surface area contributed by atoms with Crippen molar-refractivity contribution in [2.24, 2.45) is 5.92 Å². The van der Waals surface area contributed by atoms with Crippen molar-refractivity contribution in [3.05, 3.63) is 16.1 Å². The molecule has 0 N–H and O–H groups in total. The highest BCUT2D eigenvalue weighted by Crippen LogP contribution is 2.40. The Kier molecular flexibility index (Phi) is 4.27. The average molecular weight is 320 g/mol. The first-order chi connectivity index (χ1) is 10.7. The van der Waals surface area contributed by atoms with Crippen LogP contribution in [0.5, 0.6) is 0 Å². The molecule has 0 amide bonds. The maximum atomic E-state index is 4.69. The molecule has 1 aromatic rings. The van der Waals surface area contributed by atoms with Crippen molar-refractivity contribution in [3.63, 3.8) is 0 Å². The Morgan fingerprint density at radius 2 is 2.00 bits per heavy atom. The lowest BCUT2D eigenvalue weighted by Gasteiger charge is -2.46. The normalized spacial score (nSPS) is 26.6. The first kappa shape index (κ1) is 15.1. The highest BCUT2D eigenvalue weighted by Gasteiger charge is 2.43. The molecule has 4 heteroatoms. The monoisotopic (exact) mass is 319 g/mol. The number of hydrogen-bond donors (Lipinski definition) is 0. The van der Waals surface area contributed by atoms with E-state index in [1.165, 1.54) is 81.8 Å². The van der Waals surface area contributed by atoms with Crippen LogP contribution in [0, 0.1) is 12.8 Å². The van der Waals surface area contributed by atoms with Crippen LogP contribution >= 0.6 is 11.3 Å². The molecule has 3 nitrogen and oxygen atoms in total. The fourth-order valence-corrected chi connectivity index (χ4v) is 5.28. The first-order valence-electron chi connectivity index (χ1n) is 9.12. The largest absolute Gasteiger partial charge is 0.303 e. The Hall–Kier alpha value is -0.450. The fraction of sp³-hybridized carbons (Fsp3) is 0.833. The number of hydrogen-bond acceptors (Lipinski definition) is 4. The number of aryl methyl sites for hydroxylation is 1. The molecule has 1 saturated carbocycles. The van der Waals surface area contributed by atoms with Crippen LogP contribution in [0.2, 0.25) is 0 Å². The maximum absolute atomic E-state index is 4.69. The third-order valence-corrected chi connectivity index (χ3v) is 7.11. The second-order valence-corrected chi connectivity index (χ2v) is 8.77. The Morgan fingerprint density at radius 1 is 1.18 bits per heavy atom. The van der Waals surface area contributed by atoms with Gasteiger partial charge in [-0.2, -0.15) is 0 Å². The molecule has 3 aliphatic rings. The highest BCUT2D eigenvalue weighted by atomic mass is 32.1. The van der Waals surface area contributed by atoms with E-state index in [1.807, 2.05) is 0 Å². The van der Waals surface area contributed by atoms with Gasteiger partial charge < -0.3 is 4.90 Å². The summed E-state index contributed by atoms with van der Waals surface area (Å²) in [6, 6.07) is 0. The van der Waals surface area contributed by atoms with Crippen LogP contribution in [0.25, 0.3) is 0 Å². The van der Waals surface area contributed by atoms with Gasteiger partial charge >= 0.3 is 0 Å². The Labute approximate surface area is 138 Å². The van der Waals surface area contributed by atoms with Gasteiger partial charge in [-0.3, -0.25) is 4.90 Å². The number of likely N-dealkylation sites (tertiary alicyclic amines) is 2. The Morgan fingerprint density at radius 3 is 2.64 bits per heavy atom. The minimum atomic E-state index is 0.494. The summed E-state index contributed by atoms with van der Waals surface area (Å²) in [6.07, 6.45) is 9.99. The third kappa shape index (κ3) is 2.98. The van der Waals surface area contributed by atoms with Gasteiger partial charge in [0, 0.05) is 24.0 Å². The molecule has 22 heavy (non-hydrogen) atoms. The Bertz CT molecular complexity index is 500. The van der Waals surface area contributed by atoms with Crippen LogP contribution in [0.4, 0.5) is 0 Å². The minimum Gasteiger partial charge on any atom is -0.303 e. The van der Waals surface area contributed by atoms with E-state index in [4.69, 9.17) is 4.98 Å². The zero-order chi connectivity index (χ0) is 15.0. The molecule has 0 bridgehead atoms. The van der Waals surface area contributed by atoms with Gasteiger partial charge in [0.2, 0.25) is 0 Å². The molecule has 1 aliphatic carbocycles. The molecule has 1 spiro atoms. The van der Waals surface area contributed by atoms with E-state index in [1.54, 1.807) is 11.3 Å². The van der Waals surface area contributed by atoms with Crippen LogP contribution < -0.4 is 0 Å². The lowest BCUT2D eigenvalue weighted by atomic mass is 9.82. The van der Waals surface area contributed by atoms with Crippen LogP contribution in [-0.2, 0) is 6.54 Å². The van der Waals surface area contributed by atoms with Crippen LogP contribution in [0.15, 0.2) is 5.38 Å². The fourth-order valence-electron chi connectivity index (χ4n) is 4.68. The van der Waals surface area contributed by atoms with E-state index in [-0.39, 0.29) is 0 Å². The zero-order valence-electron chi connectivity index (χ0n) is 13.9. The van der Waals surface area contributed by atoms with Crippen molar-refractivity contribution in [1.82, 2.24) is 14.8 Å². The van der Waals surface area contributed by atoms with E-state index in [0.717, 1.165) is 12.5 Å². The van der Waals surface area contributed by atoms with Gasteiger partial charge in [-0.1, -0.05) is 6.42 Å².